The fourth-order valence-electron chi connectivity index (χ4n) is 1.74. The van der Waals surface area contributed by atoms with Gasteiger partial charge in [-0.2, -0.15) is 8.42 Å². The van der Waals surface area contributed by atoms with Crippen molar-refractivity contribution in [3.8, 4) is 0 Å². The highest BCUT2D eigenvalue weighted by Gasteiger charge is 2.39. The molecule has 1 aliphatic heterocycles. The molecule has 2 N–H and O–H groups in total. The summed E-state index contributed by atoms with van der Waals surface area (Å²) >= 11 is 1.23. The molecule has 0 bridgehead atoms. The molecule has 2 heterocycles. The van der Waals surface area contributed by atoms with Gasteiger partial charge in [0.05, 0.1) is 0 Å². The van der Waals surface area contributed by atoms with E-state index in [4.69, 9.17) is 5.73 Å². The Labute approximate surface area is 113 Å². The molecule has 1 aromatic heterocycles. The molecule has 1 saturated heterocycles. The monoisotopic (exact) mass is 306 g/mol. The minimum absolute atomic E-state index is 0.161. The summed E-state index contributed by atoms with van der Waals surface area (Å²) in [5, 5.41) is -0.997. The van der Waals surface area contributed by atoms with Crippen LogP contribution in [0.4, 0.5) is 15.5 Å². The Morgan fingerprint density at radius 1 is 1.53 bits per heavy atom. The standard InChI is InChI=1S/C9H11FN4O3S2/c1-18-9-12-6(11)3-7(13-9)14-4-5(2-8(14)15)19(10,16)17/h3,5H,2,4H2,1H3,(H2,11,12,13). The van der Waals surface area contributed by atoms with Crippen LogP contribution in [0.15, 0.2) is 11.2 Å². The number of nitrogen functional groups attached to an aromatic ring is 1. The van der Waals surface area contributed by atoms with E-state index in [1.807, 2.05) is 0 Å². The fraction of sp³-hybridized carbons (Fsp3) is 0.444. The summed E-state index contributed by atoms with van der Waals surface area (Å²) in [7, 11) is -4.74. The third-order valence-corrected chi connectivity index (χ3v) is 4.32. The van der Waals surface area contributed by atoms with E-state index >= 15 is 0 Å². The molecule has 0 aromatic carbocycles. The number of nitrogens with two attached hydrogens (primary N) is 1. The summed E-state index contributed by atoms with van der Waals surface area (Å²) in [5.41, 5.74) is 5.57. The number of carbonyl (C=O) groups excluding carboxylic acids is 1. The third-order valence-electron chi connectivity index (χ3n) is 2.66. The average molecular weight is 306 g/mol. The molecule has 0 radical (unpaired) electrons. The zero-order chi connectivity index (χ0) is 14.2. The Morgan fingerprint density at radius 3 is 2.74 bits per heavy atom. The summed E-state index contributed by atoms with van der Waals surface area (Å²) in [6.45, 7) is -0.262. The summed E-state index contributed by atoms with van der Waals surface area (Å²) < 4.78 is 34.6. The van der Waals surface area contributed by atoms with E-state index in [0.717, 1.165) is 4.90 Å². The van der Waals surface area contributed by atoms with Crippen LogP contribution in [0.25, 0.3) is 0 Å². The van der Waals surface area contributed by atoms with Crippen molar-refractivity contribution < 1.29 is 17.1 Å². The average Bonchev–Trinajstić information content (AvgIpc) is 2.70. The molecule has 0 aliphatic carbocycles. The number of thioether (sulfide) groups is 1. The maximum Gasteiger partial charge on any atom is 0.307 e. The van der Waals surface area contributed by atoms with Gasteiger partial charge < -0.3 is 5.73 Å². The van der Waals surface area contributed by atoms with Crippen molar-refractivity contribution in [2.75, 3.05) is 23.4 Å². The van der Waals surface area contributed by atoms with Gasteiger partial charge >= 0.3 is 10.2 Å². The Bertz CT molecular complexity index is 622. The first-order chi connectivity index (χ1) is 8.81. The molecule has 7 nitrogen and oxygen atoms in total. The molecule has 19 heavy (non-hydrogen) atoms. The molecule has 104 valence electrons. The summed E-state index contributed by atoms with van der Waals surface area (Å²) in [4.78, 5) is 20.8. The van der Waals surface area contributed by atoms with Crippen LogP contribution in [0.1, 0.15) is 6.42 Å². The molecule has 10 heteroatoms. The number of nitrogens with zero attached hydrogens (tertiary/aromatic N) is 3. The van der Waals surface area contributed by atoms with Gasteiger partial charge in [-0.25, -0.2) is 9.97 Å². The zero-order valence-corrected chi connectivity index (χ0v) is 11.5. The molecular weight excluding hydrogens is 295 g/mol. The summed E-state index contributed by atoms with van der Waals surface area (Å²) in [6.07, 6.45) is 1.34. The number of amides is 1. The van der Waals surface area contributed by atoms with Crippen molar-refractivity contribution in [1.82, 2.24) is 9.97 Å². The van der Waals surface area contributed by atoms with E-state index in [1.54, 1.807) is 6.26 Å². The summed E-state index contributed by atoms with van der Waals surface area (Å²) in [6, 6.07) is 1.35. The molecule has 1 aromatic rings. The lowest BCUT2D eigenvalue weighted by atomic mass is 10.4. The predicted molar refractivity (Wildman–Crippen MR) is 69.0 cm³/mol. The second-order valence-electron chi connectivity index (χ2n) is 3.94. The highest BCUT2D eigenvalue weighted by molar-refractivity contribution is 7.98. The second-order valence-corrected chi connectivity index (χ2v) is 6.33. The van der Waals surface area contributed by atoms with Crippen molar-refractivity contribution >= 4 is 39.5 Å². The molecule has 1 amide bonds. The molecule has 1 aliphatic rings. The van der Waals surface area contributed by atoms with Gasteiger partial charge in [-0.05, 0) is 6.26 Å². The molecule has 2 rings (SSSR count). The number of carbonyl (C=O) groups is 1. The number of rotatable bonds is 3. The predicted octanol–water partition coefficient (Wildman–Crippen LogP) is 0.185. The van der Waals surface area contributed by atoms with Gasteiger partial charge in [-0.15, -0.1) is 3.89 Å². The first-order valence-corrected chi connectivity index (χ1v) is 7.91. The van der Waals surface area contributed by atoms with E-state index < -0.39 is 27.8 Å². The number of anilines is 2. The third kappa shape index (κ3) is 2.95. The van der Waals surface area contributed by atoms with Crippen LogP contribution in [0.3, 0.4) is 0 Å². The van der Waals surface area contributed by atoms with Crippen LogP contribution in [-0.2, 0) is 15.0 Å². The first kappa shape index (κ1) is 14.0. The highest BCUT2D eigenvalue weighted by atomic mass is 32.3. The minimum atomic E-state index is -4.74. The van der Waals surface area contributed by atoms with Gasteiger partial charge in [0.25, 0.3) is 0 Å². The Hall–Kier alpha value is -1.42. The molecular formula is C9H11FN4O3S2. The Kier molecular flexibility index (Phi) is 3.63. The zero-order valence-electron chi connectivity index (χ0n) is 9.91. The van der Waals surface area contributed by atoms with Crippen LogP contribution in [0, 0.1) is 0 Å². The normalized spacial score (nSPS) is 20.0. The number of halogens is 1. The van der Waals surface area contributed by atoms with Crippen molar-refractivity contribution in [2.24, 2.45) is 0 Å². The van der Waals surface area contributed by atoms with Crippen LogP contribution >= 0.6 is 11.8 Å². The van der Waals surface area contributed by atoms with Crippen LogP contribution in [0.5, 0.6) is 0 Å². The first-order valence-electron chi connectivity index (χ1n) is 5.23. The SMILES string of the molecule is CSc1nc(N)cc(N2CC(S(=O)(=O)F)CC2=O)n1. The molecule has 0 saturated carbocycles. The van der Waals surface area contributed by atoms with E-state index in [-0.39, 0.29) is 18.2 Å². The van der Waals surface area contributed by atoms with Crippen molar-refractivity contribution in [3.63, 3.8) is 0 Å². The van der Waals surface area contributed by atoms with Crippen LogP contribution < -0.4 is 10.6 Å². The van der Waals surface area contributed by atoms with E-state index in [9.17, 15) is 17.1 Å². The Balaban J connectivity index is 2.33. The van der Waals surface area contributed by atoms with E-state index in [0.29, 0.717) is 5.16 Å². The lowest BCUT2D eigenvalue weighted by molar-refractivity contribution is -0.117. The minimum Gasteiger partial charge on any atom is -0.383 e. The van der Waals surface area contributed by atoms with Gasteiger partial charge in [-0.3, -0.25) is 9.69 Å². The Morgan fingerprint density at radius 2 is 2.21 bits per heavy atom. The van der Waals surface area contributed by atoms with Crippen molar-refractivity contribution in [1.29, 1.82) is 0 Å². The summed E-state index contributed by atoms with van der Waals surface area (Å²) in [5.74, 6) is -0.155. The van der Waals surface area contributed by atoms with E-state index in [1.165, 1.54) is 17.8 Å². The van der Waals surface area contributed by atoms with Gasteiger partial charge in [-0.1, -0.05) is 11.8 Å². The second kappa shape index (κ2) is 4.93. The lowest BCUT2D eigenvalue weighted by Gasteiger charge is -2.15. The number of aromatic nitrogens is 2. The molecule has 1 unspecified atom stereocenters. The van der Waals surface area contributed by atoms with Gasteiger partial charge in [0, 0.05) is 19.0 Å². The molecule has 0 spiro atoms. The van der Waals surface area contributed by atoms with Crippen LogP contribution in [-0.4, -0.2) is 42.3 Å². The number of hydrogen-bond donors (Lipinski definition) is 1. The van der Waals surface area contributed by atoms with Crippen LogP contribution in [0.2, 0.25) is 0 Å². The smallest absolute Gasteiger partial charge is 0.307 e. The molecule has 1 atom stereocenters. The van der Waals surface area contributed by atoms with Gasteiger partial charge in [0.1, 0.15) is 16.9 Å². The lowest BCUT2D eigenvalue weighted by Crippen LogP contribution is -2.28. The topological polar surface area (TPSA) is 106 Å². The fourth-order valence-corrected chi connectivity index (χ4v) is 2.79. The van der Waals surface area contributed by atoms with E-state index in [2.05, 4.69) is 9.97 Å². The van der Waals surface area contributed by atoms with Crippen molar-refractivity contribution in [3.05, 3.63) is 6.07 Å². The van der Waals surface area contributed by atoms with Gasteiger partial charge in [0.2, 0.25) is 5.91 Å². The van der Waals surface area contributed by atoms with Crippen molar-refractivity contribution in [2.45, 2.75) is 16.8 Å². The highest BCUT2D eigenvalue weighted by Crippen LogP contribution is 2.26. The molecule has 1 fully saturated rings. The largest absolute Gasteiger partial charge is 0.383 e. The maximum atomic E-state index is 12.9. The quantitative estimate of drug-likeness (QED) is 0.482. The van der Waals surface area contributed by atoms with Gasteiger partial charge in [0.15, 0.2) is 5.16 Å². The number of hydrogen-bond acceptors (Lipinski definition) is 7. The maximum absolute atomic E-state index is 12.9.